The van der Waals surface area contributed by atoms with Crippen LogP contribution in [0.1, 0.15) is 11.1 Å². The largest absolute Gasteiger partial charge is 0.354 e. The summed E-state index contributed by atoms with van der Waals surface area (Å²) in [7, 11) is 0. The summed E-state index contributed by atoms with van der Waals surface area (Å²) in [6, 6.07) is 13.9. The summed E-state index contributed by atoms with van der Waals surface area (Å²) in [5, 5.41) is 12.0. The van der Waals surface area contributed by atoms with Crippen LogP contribution in [-0.2, 0) is 0 Å². The van der Waals surface area contributed by atoms with Gasteiger partial charge >= 0.3 is 0 Å². The lowest BCUT2D eigenvalue weighted by Crippen LogP contribution is -1.94. The lowest BCUT2D eigenvalue weighted by molar-refractivity contribution is 0.627. The fourth-order valence-electron chi connectivity index (χ4n) is 1.65. The van der Waals surface area contributed by atoms with Crippen molar-refractivity contribution in [2.45, 2.75) is 6.92 Å². The van der Waals surface area contributed by atoms with Crippen molar-refractivity contribution >= 4 is 11.4 Å². The van der Waals surface area contributed by atoms with Crippen LogP contribution < -0.4 is 5.32 Å². The lowest BCUT2D eigenvalue weighted by atomic mass is 10.1. The number of nitrogens with one attached hydrogen (secondary N) is 1. The monoisotopic (exact) mass is 226 g/mol. The average molecular weight is 226 g/mol. The van der Waals surface area contributed by atoms with Gasteiger partial charge in [-0.25, -0.2) is 4.39 Å². The topological polar surface area (TPSA) is 35.8 Å². The molecule has 0 radical (unpaired) electrons. The third-order valence-electron chi connectivity index (χ3n) is 2.37. The highest BCUT2D eigenvalue weighted by Gasteiger charge is 2.02. The van der Waals surface area contributed by atoms with E-state index in [-0.39, 0.29) is 5.82 Å². The van der Waals surface area contributed by atoms with Crippen molar-refractivity contribution < 1.29 is 4.39 Å². The second-order valence-corrected chi connectivity index (χ2v) is 3.80. The van der Waals surface area contributed by atoms with Crippen molar-refractivity contribution in [1.29, 1.82) is 5.26 Å². The molecule has 2 aromatic rings. The molecule has 0 aliphatic rings. The minimum absolute atomic E-state index is 0.290. The minimum Gasteiger partial charge on any atom is -0.354 e. The zero-order valence-corrected chi connectivity index (χ0v) is 9.37. The van der Waals surface area contributed by atoms with Gasteiger partial charge in [-0.3, -0.25) is 0 Å². The summed E-state index contributed by atoms with van der Waals surface area (Å²) in [6.07, 6.45) is 0. The SMILES string of the molecule is Cc1cc(F)cc(Nc2ccccc2C#N)c1. The molecule has 17 heavy (non-hydrogen) atoms. The van der Waals surface area contributed by atoms with Crippen LogP contribution in [0.15, 0.2) is 42.5 Å². The van der Waals surface area contributed by atoms with Crippen molar-refractivity contribution in [1.82, 2.24) is 0 Å². The number of para-hydroxylation sites is 1. The zero-order valence-electron chi connectivity index (χ0n) is 9.37. The molecule has 0 amide bonds. The number of nitrogens with zero attached hydrogens (tertiary/aromatic N) is 1. The molecule has 0 aliphatic heterocycles. The number of anilines is 2. The van der Waals surface area contributed by atoms with Crippen LogP contribution >= 0.6 is 0 Å². The number of aryl methyl sites for hydroxylation is 1. The molecule has 0 heterocycles. The van der Waals surface area contributed by atoms with Crippen LogP contribution in [0.4, 0.5) is 15.8 Å². The highest BCUT2D eigenvalue weighted by molar-refractivity contribution is 5.66. The molecule has 2 nitrogen and oxygen atoms in total. The minimum atomic E-state index is -0.290. The lowest BCUT2D eigenvalue weighted by Gasteiger charge is -2.08. The van der Waals surface area contributed by atoms with Gasteiger partial charge in [-0.05, 0) is 42.8 Å². The Hall–Kier alpha value is -2.34. The second-order valence-electron chi connectivity index (χ2n) is 3.80. The van der Waals surface area contributed by atoms with Gasteiger partial charge in [0.25, 0.3) is 0 Å². The van der Waals surface area contributed by atoms with Crippen LogP contribution in [0.5, 0.6) is 0 Å². The van der Waals surface area contributed by atoms with Crippen molar-refractivity contribution in [3.63, 3.8) is 0 Å². The Morgan fingerprint density at radius 1 is 1.18 bits per heavy atom. The van der Waals surface area contributed by atoms with E-state index in [4.69, 9.17) is 5.26 Å². The molecule has 0 saturated carbocycles. The highest BCUT2D eigenvalue weighted by atomic mass is 19.1. The second kappa shape index (κ2) is 4.67. The van der Waals surface area contributed by atoms with Gasteiger partial charge in [-0.15, -0.1) is 0 Å². The fourth-order valence-corrected chi connectivity index (χ4v) is 1.65. The van der Waals surface area contributed by atoms with Crippen LogP contribution in [-0.4, -0.2) is 0 Å². The number of benzene rings is 2. The van der Waals surface area contributed by atoms with Gasteiger partial charge in [0.1, 0.15) is 11.9 Å². The molecular formula is C14H11FN2. The first-order valence-electron chi connectivity index (χ1n) is 5.22. The maximum absolute atomic E-state index is 13.2. The molecular weight excluding hydrogens is 215 g/mol. The molecule has 0 atom stereocenters. The van der Waals surface area contributed by atoms with Crippen molar-refractivity contribution in [3.8, 4) is 6.07 Å². The summed E-state index contributed by atoms with van der Waals surface area (Å²) >= 11 is 0. The van der Waals surface area contributed by atoms with Gasteiger partial charge in [0.05, 0.1) is 11.3 Å². The van der Waals surface area contributed by atoms with Crippen molar-refractivity contribution in [2.24, 2.45) is 0 Å². The van der Waals surface area contributed by atoms with Crippen LogP contribution in [0.25, 0.3) is 0 Å². The van der Waals surface area contributed by atoms with Crippen molar-refractivity contribution in [2.75, 3.05) is 5.32 Å². The van der Waals surface area contributed by atoms with E-state index < -0.39 is 0 Å². The van der Waals surface area contributed by atoms with Crippen LogP contribution in [0, 0.1) is 24.1 Å². The van der Waals surface area contributed by atoms with Crippen LogP contribution in [0.3, 0.4) is 0 Å². The van der Waals surface area contributed by atoms with E-state index in [0.29, 0.717) is 16.9 Å². The first-order chi connectivity index (χ1) is 8.19. The maximum atomic E-state index is 13.2. The quantitative estimate of drug-likeness (QED) is 0.846. The van der Waals surface area contributed by atoms with E-state index >= 15 is 0 Å². The zero-order chi connectivity index (χ0) is 12.3. The summed E-state index contributed by atoms with van der Waals surface area (Å²) < 4.78 is 13.2. The predicted octanol–water partition coefficient (Wildman–Crippen LogP) is 3.75. The molecule has 2 rings (SSSR count). The third-order valence-corrected chi connectivity index (χ3v) is 2.37. The van der Waals surface area contributed by atoms with Gasteiger partial charge in [0, 0.05) is 5.69 Å². The molecule has 0 unspecified atom stereocenters. The standard InChI is InChI=1S/C14H11FN2/c1-10-6-12(15)8-13(7-10)17-14-5-3-2-4-11(14)9-16/h2-8,17H,1H3. The Kier molecular flexibility index (Phi) is 3.06. The molecule has 3 heteroatoms. The highest BCUT2D eigenvalue weighted by Crippen LogP contribution is 2.21. The molecule has 0 bridgehead atoms. The fraction of sp³-hybridized carbons (Fsp3) is 0.0714. The third kappa shape index (κ3) is 2.61. The van der Waals surface area contributed by atoms with Gasteiger partial charge in [-0.1, -0.05) is 12.1 Å². The Balaban J connectivity index is 2.35. The van der Waals surface area contributed by atoms with E-state index in [9.17, 15) is 4.39 Å². The first-order valence-corrected chi connectivity index (χ1v) is 5.22. The summed E-state index contributed by atoms with van der Waals surface area (Å²) in [4.78, 5) is 0. The molecule has 2 aromatic carbocycles. The van der Waals surface area contributed by atoms with E-state index in [1.807, 2.05) is 19.1 Å². The number of rotatable bonds is 2. The van der Waals surface area contributed by atoms with E-state index in [1.165, 1.54) is 12.1 Å². The summed E-state index contributed by atoms with van der Waals surface area (Å²) in [5.41, 5.74) is 2.70. The summed E-state index contributed by atoms with van der Waals surface area (Å²) in [6.45, 7) is 1.82. The Labute approximate surface area is 99.3 Å². The first kappa shape index (κ1) is 11.2. The van der Waals surface area contributed by atoms with Crippen molar-refractivity contribution in [3.05, 3.63) is 59.4 Å². The average Bonchev–Trinajstić information content (AvgIpc) is 2.28. The molecule has 0 saturated heterocycles. The van der Waals surface area contributed by atoms with E-state index in [0.717, 1.165) is 5.56 Å². The van der Waals surface area contributed by atoms with E-state index in [2.05, 4.69) is 11.4 Å². The number of nitriles is 1. The molecule has 0 aromatic heterocycles. The smallest absolute Gasteiger partial charge is 0.125 e. The van der Waals surface area contributed by atoms with Crippen LogP contribution in [0.2, 0.25) is 0 Å². The summed E-state index contributed by atoms with van der Waals surface area (Å²) in [5.74, 6) is -0.290. The molecule has 0 fully saturated rings. The Morgan fingerprint density at radius 2 is 1.94 bits per heavy atom. The van der Waals surface area contributed by atoms with Gasteiger partial charge in [0.15, 0.2) is 0 Å². The van der Waals surface area contributed by atoms with Gasteiger partial charge in [0.2, 0.25) is 0 Å². The molecule has 1 N–H and O–H groups in total. The number of hydrogen-bond donors (Lipinski definition) is 1. The normalized spacial score (nSPS) is 9.71. The van der Waals surface area contributed by atoms with E-state index in [1.54, 1.807) is 18.2 Å². The molecule has 0 spiro atoms. The number of halogens is 1. The maximum Gasteiger partial charge on any atom is 0.125 e. The van der Waals surface area contributed by atoms with Gasteiger partial charge < -0.3 is 5.32 Å². The Bertz CT molecular complexity index is 565. The predicted molar refractivity (Wildman–Crippen MR) is 65.6 cm³/mol. The number of hydrogen-bond acceptors (Lipinski definition) is 2. The molecule has 0 aliphatic carbocycles. The van der Waals surface area contributed by atoms with Gasteiger partial charge in [-0.2, -0.15) is 5.26 Å². The Morgan fingerprint density at radius 3 is 2.65 bits per heavy atom. The molecule has 84 valence electrons.